The summed E-state index contributed by atoms with van der Waals surface area (Å²) < 4.78 is 11.9. The Kier molecular flexibility index (Phi) is 2.36. The van der Waals surface area contributed by atoms with E-state index in [9.17, 15) is 4.21 Å². The van der Waals surface area contributed by atoms with Crippen molar-refractivity contribution in [1.29, 1.82) is 0 Å². The third kappa shape index (κ3) is 2.27. The van der Waals surface area contributed by atoms with Gasteiger partial charge in [-0.25, -0.2) is 4.99 Å². The number of amidine groups is 1. The molecular weight excluding hydrogens is 208 g/mol. The van der Waals surface area contributed by atoms with Gasteiger partial charge in [0.2, 0.25) is 0 Å². The Morgan fingerprint density at radius 2 is 1.93 bits per heavy atom. The van der Waals surface area contributed by atoms with Crippen molar-refractivity contribution in [2.75, 3.05) is 6.26 Å². The van der Waals surface area contributed by atoms with Gasteiger partial charge >= 0.3 is 0 Å². The van der Waals surface area contributed by atoms with Crippen LogP contribution in [0, 0.1) is 0 Å². The summed E-state index contributed by atoms with van der Waals surface area (Å²) in [6.45, 7) is 0. The zero-order valence-electron chi connectivity index (χ0n) is 8.38. The van der Waals surface area contributed by atoms with Gasteiger partial charge in [0.05, 0.1) is 5.70 Å². The molecule has 0 spiro atoms. The number of hydrogen-bond donors (Lipinski definition) is 1. The second-order valence-corrected chi connectivity index (χ2v) is 5.89. The first-order valence-corrected chi connectivity index (χ1v) is 6.61. The molecule has 2 N–H and O–H groups in total. The van der Waals surface area contributed by atoms with Crippen LogP contribution in [0.1, 0.15) is 5.56 Å². The van der Waals surface area contributed by atoms with Gasteiger partial charge in [0.1, 0.15) is 5.84 Å². The Morgan fingerprint density at radius 1 is 1.27 bits per heavy atom. The number of nitrogens with two attached hydrogens (primary N) is 1. The normalized spacial score (nSPS) is 25.1. The van der Waals surface area contributed by atoms with E-state index in [4.69, 9.17) is 5.73 Å². The van der Waals surface area contributed by atoms with E-state index in [1.165, 1.54) is 5.37 Å². The van der Waals surface area contributed by atoms with Crippen LogP contribution in [0.5, 0.6) is 0 Å². The lowest BCUT2D eigenvalue weighted by Crippen LogP contribution is -2.20. The van der Waals surface area contributed by atoms with E-state index >= 15 is 0 Å². The minimum absolute atomic E-state index is 0.323. The van der Waals surface area contributed by atoms with Gasteiger partial charge in [0.25, 0.3) is 0 Å². The van der Waals surface area contributed by atoms with Gasteiger partial charge in [0, 0.05) is 22.6 Å². The van der Waals surface area contributed by atoms with Crippen LogP contribution in [0.25, 0.3) is 5.70 Å². The van der Waals surface area contributed by atoms with Crippen LogP contribution in [-0.4, -0.2) is 21.7 Å². The topological polar surface area (TPSA) is 55.5 Å². The van der Waals surface area contributed by atoms with Crippen molar-refractivity contribution in [3.63, 3.8) is 0 Å². The minimum atomic E-state index is -2.12. The average molecular weight is 220 g/mol. The molecule has 1 atom stereocenters. The van der Waals surface area contributed by atoms with Crippen LogP contribution in [-0.2, 0) is 9.52 Å². The maximum Gasteiger partial charge on any atom is 0.132 e. The standard InChI is InChI=1S/C11H12N2OS/c1-15(14)7-10(13-11(12)8-15)9-5-3-2-4-6-9/h2-8H,1H3,(H2,12,13). The van der Waals surface area contributed by atoms with Crippen LogP contribution < -0.4 is 5.73 Å². The summed E-state index contributed by atoms with van der Waals surface area (Å²) in [6, 6.07) is 9.59. The fourth-order valence-corrected chi connectivity index (χ4v) is 2.66. The number of aliphatic imine (C=N–C) groups is 1. The number of hydrogen-bond acceptors (Lipinski definition) is 3. The molecule has 78 valence electrons. The molecule has 0 aromatic heterocycles. The van der Waals surface area contributed by atoms with Crippen LogP contribution >= 0.6 is 0 Å². The molecule has 0 aliphatic carbocycles. The highest BCUT2D eigenvalue weighted by Gasteiger charge is 2.09. The van der Waals surface area contributed by atoms with Gasteiger partial charge in [-0.05, 0) is 9.52 Å². The molecule has 4 heteroatoms. The van der Waals surface area contributed by atoms with Gasteiger partial charge in [-0.1, -0.05) is 30.3 Å². The van der Waals surface area contributed by atoms with Crippen molar-refractivity contribution in [2.45, 2.75) is 0 Å². The summed E-state index contributed by atoms with van der Waals surface area (Å²) in [7, 11) is -2.12. The van der Waals surface area contributed by atoms with Gasteiger partial charge in [0.15, 0.2) is 0 Å². The van der Waals surface area contributed by atoms with Crippen molar-refractivity contribution in [2.24, 2.45) is 10.7 Å². The maximum atomic E-state index is 11.9. The van der Waals surface area contributed by atoms with Gasteiger partial charge in [-0.2, -0.15) is 0 Å². The second-order valence-electron chi connectivity index (χ2n) is 3.49. The third-order valence-electron chi connectivity index (χ3n) is 2.02. The molecule has 2 rings (SSSR count). The zero-order valence-corrected chi connectivity index (χ0v) is 9.20. The largest absolute Gasteiger partial charge is 0.383 e. The van der Waals surface area contributed by atoms with Crippen molar-refractivity contribution >= 4 is 26.4 Å². The van der Waals surface area contributed by atoms with E-state index < -0.39 is 9.52 Å². The third-order valence-corrected chi connectivity index (χ3v) is 3.42. The van der Waals surface area contributed by atoms with E-state index in [1.54, 1.807) is 11.7 Å². The fraction of sp³-hybridized carbons (Fsp3) is 0.0909. The van der Waals surface area contributed by atoms with Crippen LogP contribution in [0.15, 0.2) is 40.7 Å². The lowest BCUT2D eigenvalue weighted by molar-refractivity contribution is 0.690. The van der Waals surface area contributed by atoms with Gasteiger partial charge < -0.3 is 5.73 Å². The smallest absolute Gasteiger partial charge is 0.132 e. The van der Waals surface area contributed by atoms with E-state index in [1.807, 2.05) is 30.3 Å². The Morgan fingerprint density at radius 3 is 2.53 bits per heavy atom. The molecule has 0 amide bonds. The number of nitrogens with zero attached hydrogens (tertiary/aromatic N) is 1. The van der Waals surface area contributed by atoms with E-state index in [2.05, 4.69) is 4.99 Å². The molecule has 1 unspecified atom stereocenters. The predicted octanol–water partition coefficient (Wildman–Crippen LogP) is 1.07. The molecule has 0 fully saturated rings. The monoisotopic (exact) mass is 220 g/mol. The minimum Gasteiger partial charge on any atom is -0.383 e. The predicted molar refractivity (Wildman–Crippen MR) is 66.2 cm³/mol. The molecule has 0 bridgehead atoms. The Labute approximate surface area is 89.3 Å². The lowest BCUT2D eigenvalue weighted by atomic mass is 10.2. The van der Waals surface area contributed by atoms with E-state index in [0.717, 1.165) is 5.56 Å². The van der Waals surface area contributed by atoms with E-state index in [-0.39, 0.29) is 0 Å². The molecule has 1 heterocycles. The molecule has 1 aliphatic heterocycles. The molecule has 1 aromatic carbocycles. The summed E-state index contributed by atoms with van der Waals surface area (Å²) in [5, 5.41) is 3.16. The van der Waals surface area contributed by atoms with Crippen molar-refractivity contribution in [3.8, 4) is 0 Å². The van der Waals surface area contributed by atoms with Gasteiger partial charge in [-0.3, -0.25) is 4.21 Å². The molecule has 3 nitrogen and oxygen atoms in total. The van der Waals surface area contributed by atoms with Crippen LogP contribution in [0.3, 0.4) is 0 Å². The summed E-state index contributed by atoms with van der Waals surface area (Å²) >= 11 is 0. The molecule has 15 heavy (non-hydrogen) atoms. The van der Waals surface area contributed by atoms with E-state index in [0.29, 0.717) is 11.5 Å². The Bertz CT molecular complexity index is 549. The van der Waals surface area contributed by atoms with Crippen LogP contribution in [0.4, 0.5) is 0 Å². The molecule has 0 radical (unpaired) electrons. The SMILES string of the molecule is CS1(=O)=CC(N)=NC(c2ccccc2)=C1. The van der Waals surface area contributed by atoms with Crippen molar-refractivity contribution in [1.82, 2.24) is 0 Å². The summed E-state index contributed by atoms with van der Waals surface area (Å²) in [5.41, 5.74) is 7.23. The van der Waals surface area contributed by atoms with Crippen molar-refractivity contribution < 1.29 is 4.21 Å². The van der Waals surface area contributed by atoms with Crippen LogP contribution in [0.2, 0.25) is 0 Å². The zero-order chi connectivity index (χ0) is 10.9. The second kappa shape index (κ2) is 3.55. The summed E-state index contributed by atoms with van der Waals surface area (Å²) in [4.78, 5) is 4.17. The quantitative estimate of drug-likeness (QED) is 0.720. The first-order valence-electron chi connectivity index (χ1n) is 4.52. The maximum absolute atomic E-state index is 11.9. The first kappa shape index (κ1) is 9.98. The number of rotatable bonds is 1. The summed E-state index contributed by atoms with van der Waals surface area (Å²) in [5.74, 6) is 0.323. The summed E-state index contributed by atoms with van der Waals surface area (Å²) in [6.07, 6.45) is 1.65. The highest BCUT2D eigenvalue weighted by Crippen LogP contribution is 2.18. The van der Waals surface area contributed by atoms with Crippen molar-refractivity contribution in [3.05, 3.63) is 41.3 Å². The molecule has 0 saturated carbocycles. The molecule has 1 aromatic rings. The molecular formula is C11H12N2OS. The molecule has 0 saturated heterocycles. The number of benzene rings is 1. The Hall–Kier alpha value is -1.55. The molecule has 1 aliphatic rings. The fourth-order valence-electron chi connectivity index (χ4n) is 1.43. The highest BCUT2D eigenvalue weighted by atomic mass is 32.2. The van der Waals surface area contributed by atoms with Gasteiger partial charge in [-0.15, -0.1) is 0 Å². The first-order chi connectivity index (χ1) is 7.07. The lowest BCUT2D eigenvalue weighted by Gasteiger charge is -2.09. The Balaban J connectivity index is 2.55. The average Bonchev–Trinajstić information content (AvgIpc) is 2.16. The highest BCUT2D eigenvalue weighted by molar-refractivity contribution is 8.04.